The second-order valence-electron chi connectivity index (χ2n) is 4.80. The molecule has 0 amide bonds. The molecule has 0 aliphatic heterocycles. The number of hydrogen-bond donors (Lipinski definition) is 2. The Morgan fingerprint density at radius 2 is 2.10 bits per heavy atom. The molecule has 0 atom stereocenters. The maximum atomic E-state index is 6.09. The first-order valence-electron chi connectivity index (χ1n) is 6.37. The SMILES string of the molecule is Cc1nc2cc(NCc3c(C)noc3C)c(N)cc2s1. The van der Waals surface area contributed by atoms with Crippen molar-refractivity contribution in [2.24, 2.45) is 0 Å². The van der Waals surface area contributed by atoms with Crippen LogP contribution >= 0.6 is 11.3 Å². The van der Waals surface area contributed by atoms with Crippen molar-refractivity contribution in [1.29, 1.82) is 0 Å². The number of benzene rings is 1. The van der Waals surface area contributed by atoms with Crippen molar-refractivity contribution in [3.63, 3.8) is 0 Å². The molecule has 3 rings (SSSR count). The molecule has 2 aromatic heterocycles. The van der Waals surface area contributed by atoms with E-state index in [1.54, 1.807) is 11.3 Å². The summed E-state index contributed by atoms with van der Waals surface area (Å²) in [6, 6.07) is 3.96. The van der Waals surface area contributed by atoms with E-state index in [-0.39, 0.29) is 0 Å². The summed E-state index contributed by atoms with van der Waals surface area (Å²) in [5.74, 6) is 0.833. The van der Waals surface area contributed by atoms with E-state index in [2.05, 4.69) is 15.5 Å². The van der Waals surface area contributed by atoms with Gasteiger partial charge >= 0.3 is 0 Å². The zero-order chi connectivity index (χ0) is 14.3. The highest BCUT2D eigenvalue weighted by Crippen LogP contribution is 2.30. The van der Waals surface area contributed by atoms with Gasteiger partial charge in [0.1, 0.15) is 5.76 Å². The van der Waals surface area contributed by atoms with E-state index >= 15 is 0 Å². The Kier molecular flexibility index (Phi) is 3.10. The Hall–Kier alpha value is -2.08. The third-order valence-electron chi connectivity index (χ3n) is 3.30. The predicted octanol–water partition coefficient (Wildman–Crippen LogP) is 3.40. The number of rotatable bonds is 3. The monoisotopic (exact) mass is 288 g/mol. The van der Waals surface area contributed by atoms with Crippen molar-refractivity contribution >= 4 is 32.9 Å². The summed E-state index contributed by atoms with van der Waals surface area (Å²) in [6.45, 7) is 6.48. The lowest BCUT2D eigenvalue weighted by Gasteiger charge is -2.09. The number of nitrogens with two attached hydrogens (primary N) is 1. The Bertz CT molecular complexity index is 755. The lowest BCUT2D eigenvalue weighted by Crippen LogP contribution is -2.03. The molecule has 0 fully saturated rings. The second-order valence-corrected chi connectivity index (χ2v) is 6.03. The van der Waals surface area contributed by atoms with Gasteiger partial charge in [0.2, 0.25) is 0 Å². The molecular formula is C14H16N4OS. The molecule has 0 unspecified atom stereocenters. The molecule has 5 nitrogen and oxygen atoms in total. The summed E-state index contributed by atoms with van der Waals surface area (Å²) in [7, 11) is 0. The van der Waals surface area contributed by atoms with Gasteiger partial charge in [0.25, 0.3) is 0 Å². The van der Waals surface area contributed by atoms with Crippen LogP contribution in [0.4, 0.5) is 11.4 Å². The van der Waals surface area contributed by atoms with Gasteiger partial charge in [0.15, 0.2) is 0 Å². The lowest BCUT2D eigenvalue weighted by atomic mass is 10.2. The number of nitrogens with one attached hydrogen (secondary N) is 1. The van der Waals surface area contributed by atoms with E-state index in [9.17, 15) is 0 Å². The van der Waals surface area contributed by atoms with Gasteiger partial charge in [-0.2, -0.15) is 0 Å². The van der Waals surface area contributed by atoms with Crippen LogP contribution in [-0.4, -0.2) is 10.1 Å². The fraction of sp³-hybridized carbons (Fsp3) is 0.286. The van der Waals surface area contributed by atoms with Crippen LogP contribution in [-0.2, 0) is 6.54 Å². The molecule has 3 aromatic rings. The predicted molar refractivity (Wildman–Crippen MR) is 82.1 cm³/mol. The minimum atomic E-state index is 0.639. The van der Waals surface area contributed by atoms with Crippen molar-refractivity contribution in [2.75, 3.05) is 11.1 Å². The van der Waals surface area contributed by atoms with Crippen LogP contribution in [0.3, 0.4) is 0 Å². The molecule has 0 bridgehead atoms. The third kappa shape index (κ3) is 2.22. The van der Waals surface area contributed by atoms with Crippen LogP contribution in [0, 0.1) is 20.8 Å². The lowest BCUT2D eigenvalue weighted by molar-refractivity contribution is 0.392. The summed E-state index contributed by atoms with van der Waals surface area (Å²) < 4.78 is 6.27. The Morgan fingerprint density at radius 1 is 1.30 bits per heavy atom. The van der Waals surface area contributed by atoms with E-state index < -0.39 is 0 Å². The topological polar surface area (TPSA) is 77.0 Å². The zero-order valence-corrected chi connectivity index (χ0v) is 12.5. The average Bonchev–Trinajstić information content (AvgIpc) is 2.89. The minimum Gasteiger partial charge on any atom is -0.397 e. The fourth-order valence-electron chi connectivity index (χ4n) is 2.20. The van der Waals surface area contributed by atoms with Gasteiger partial charge in [0.05, 0.1) is 32.3 Å². The molecule has 0 radical (unpaired) electrons. The first kappa shape index (κ1) is 12.9. The summed E-state index contributed by atoms with van der Waals surface area (Å²) >= 11 is 1.65. The number of anilines is 2. The van der Waals surface area contributed by atoms with Crippen LogP contribution in [0.25, 0.3) is 10.2 Å². The largest absolute Gasteiger partial charge is 0.397 e. The van der Waals surface area contributed by atoms with E-state index in [0.717, 1.165) is 43.6 Å². The molecule has 3 N–H and O–H groups in total. The van der Waals surface area contributed by atoms with E-state index in [1.165, 1.54) is 0 Å². The molecular weight excluding hydrogens is 272 g/mol. The molecule has 20 heavy (non-hydrogen) atoms. The third-order valence-corrected chi connectivity index (χ3v) is 4.24. The molecule has 0 aliphatic carbocycles. The molecule has 0 saturated carbocycles. The van der Waals surface area contributed by atoms with Gasteiger partial charge in [0, 0.05) is 12.1 Å². The Balaban J connectivity index is 1.89. The second kappa shape index (κ2) is 4.79. The number of nitrogen functional groups attached to an aromatic ring is 1. The Labute approximate surface area is 120 Å². The first-order valence-corrected chi connectivity index (χ1v) is 7.18. The van der Waals surface area contributed by atoms with Crippen molar-refractivity contribution in [3.8, 4) is 0 Å². The van der Waals surface area contributed by atoms with Gasteiger partial charge in [-0.3, -0.25) is 0 Å². The average molecular weight is 288 g/mol. The van der Waals surface area contributed by atoms with Crippen LogP contribution in [0.5, 0.6) is 0 Å². The number of thiazole rings is 1. The van der Waals surface area contributed by atoms with Gasteiger partial charge in [-0.15, -0.1) is 11.3 Å². The van der Waals surface area contributed by atoms with Gasteiger partial charge < -0.3 is 15.6 Å². The van der Waals surface area contributed by atoms with E-state index in [4.69, 9.17) is 10.3 Å². The quantitative estimate of drug-likeness (QED) is 0.722. The maximum absolute atomic E-state index is 6.09. The molecule has 1 aromatic carbocycles. The molecule has 0 saturated heterocycles. The number of hydrogen-bond acceptors (Lipinski definition) is 6. The van der Waals surface area contributed by atoms with Crippen molar-refractivity contribution in [1.82, 2.24) is 10.1 Å². The van der Waals surface area contributed by atoms with Crippen LogP contribution in [0.15, 0.2) is 16.7 Å². The zero-order valence-electron chi connectivity index (χ0n) is 11.7. The van der Waals surface area contributed by atoms with Gasteiger partial charge in [-0.25, -0.2) is 4.98 Å². The highest BCUT2D eigenvalue weighted by atomic mass is 32.1. The van der Waals surface area contributed by atoms with Gasteiger partial charge in [-0.05, 0) is 32.9 Å². The van der Waals surface area contributed by atoms with Crippen LogP contribution < -0.4 is 11.1 Å². The summed E-state index contributed by atoms with van der Waals surface area (Å²) in [5.41, 5.74) is 10.7. The molecule has 104 valence electrons. The van der Waals surface area contributed by atoms with Crippen molar-refractivity contribution in [2.45, 2.75) is 27.3 Å². The normalized spacial score (nSPS) is 11.2. The maximum Gasteiger partial charge on any atom is 0.138 e. The molecule has 0 spiro atoms. The highest BCUT2D eigenvalue weighted by molar-refractivity contribution is 7.18. The van der Waals surface area contributed by atoms with E-state index in [1.807, 2.05) is 32.9 Å². The molecule has 2 heterocycles. The standard InChI is InChI=1S/C14H16N4OS/c1-7-10(8(2)19-18-7)6-16-12-5-13-14(4-11(12)15)20-9(3)17-13/h4-5,16H,6,15H2,1-3H3. The summed E-state index contributed by atoms with van der Waals surface area (Å²) in [4.78, 5) is 4.49. The highest BCUT2D eigenvalue weighted by Gasteiger charge is 2.10. The van der Waals surface area contributed by atoms with E-state index in [0.29, 0.717) is 6.54 Å². The fourth-order valence-corrected chi connectivity index (χ4v) is 3.05. The number of nitrogens with zero attached hydrogens (tertiary/aromatic N) is 2. The summed E-state index contributed by atoms with van der Waals surface area (Å²) in [5, 5.41) is 8.33. The van der Waals surface area contributed by atoms with Crippen molar-refractivity contribution in [3.05, 3.63) is 34.2 Å². The van der Waals surface area contributed by atoms with Gasteiger partial charge in [-0.1, -0.05) is 5.16 Å². The number of aryl methyl sites for hydroxylation is 3. The Morgan fingerprint density at radius 3 is 2.80 bits per heavy atom. The smallest absolute Gasteiger partial charge is 0.138 e. The minimum absolute atomic E-state index is 0.639. The molecule has 0 aliphatic rings. The molecule has 6 heteroatoms. The first-order chi connectivity index (χ1) is 9.54. The number of fused-ring (bicyclic) bond motifs is 1. The van der Waals surface area contributed by atoms with Crippen LogP contribution in [0.2, 0.25) is 0 Å². The summed E-state index contributed by atoms with van der Waals surface area (Å²) in [6.07, 6.45) is 0. The van der Waals surface area contributed by atoms with Crippen LogP contribution in [0.1, 0.15) is 22.0 Å². The number of aromatic nitrogens is 2. The van der Waals surface area contributed by atoms with Crippen molar-refractivity contribution < 1.29 is 4.52 Å².